The molecule has 0 aliphatic carbocycles. The van der Waals surface area contributed by atoms with Crippen molar-refractivity contribution < 1.29 is 9.47 Å². The average molecular weight is 269 g/mol. The van der Waals surface area contributed by atoms with Gasteiger partial charge in [0.05, 0.1) is 55.3 Å². The molecule has 102 valence electrons. The van der Waals surface area contributed by atoms with Crippen LogP contribution >= 0.6 is 0 Å². The summed E-state index contributed by atoms with van der Waals surface area (Å²) in [7, 11) is 1.98. The second-order valence-corrected chi connectivity index (χ2v) is 5.82. The second kappa shape index (κ2) is 3.81. The van der Waals surface area contributed by atoms with Crippen LogP contribution in [0.3, 0.4) is 0 Å². The smallest absolute Gasteiger partial charge is 0.118 e. The maximum Gasteiger partial charge on any atom is 0.118 e. The average Bonchev–Trinajstić information content (AvgIpc) is 2.73. The van der Waals surface area contributed by atoms with E-state index in [9.17, 15) is 5.26 Å². The van der Waals surface area contributed by atoms with Crippen LogP contribution in [0.15, 0.2) is 24.5 Å². The van der Waals surface area contributed by atoms with Gasteiger partial charge in [-0.1, -0.05) is 6.07 Å². The van der Waals surface area contributed by atoms with E-state index in [-0.39, 0.29) is 5.41 Å². The summed E-state index contributed by atoms with van der Waals surface area (Å²) in [4.78, 5) is 4.41. The summed E-state index contributed by atoms with van der Waals surface area (Å²) in [6.07, 6.45) is 1.81. The molecule has 2 aromatic rings. The Hall–Kier alpha value is -1.90. The highest BCUT2D eigenvalue weighted by atomic mass is 16.5. The SMILES string of the molecule is Cn1cnc2cc(C3(C4(C#N)COC4)COC3)ccc21. The maximum atomic E-state index is 9.61. The van der Waals surface area contributed by atoms with Crippen LogP contribution in [-0.2, 0) is 21.9 Å². The lowest BCUT2D eigenvalue weighted by Gasteiger charge is -2.55. The van der Waals surface area contributed by atoms with Gasteiger partial charge in [0.25, 0.3) is 0 Å². The van der Waals surface area contributed by atoms with Crippen molar-refractivity contribution in [3.05, 3.63) is 30.1 Å². The first-order chi connectivity index (χ1) is 9.71. The Morgan fingerprint density at radius 3 is 2.55 bits per heavy atom. The van der Waals surface area contributed by atoms with E-state index in [0.29, 0.717) is 26.4 Å². The highest BCUT2D eigenvalue weighted by Crippen LogP contribution is 2.51. The highest BCUT2D eigenvalue weighted by Gasteiger charge is 2.62. The molecule has 0 saturated carbocycles. The Kier molecular flexibility index (Phi) is 2.27. The molecular formula is C15H15N3O2. The maximum absolute atomic E-state index is 9.61. The predicted molar refractivity (Wildman–Crippen MR) is 72.1 cm³/mol. The molecule has 0 unspecified atom stereocenters. The van der Waals surface area contributed by atoms with Crippen molar-refractivity contribution in [2.75, 3.05) is 26.4 Å². The fraction of sp³-hybridized carbons (Fsp3) is 0.467. The number of rotatable bonds is 2. The summed E-state index contributed by atoms with van der Waals surface area (Å²) < 4.78 is 12.8. The van der Waals surface area contributed by atoms with Gasteiger partial charge >= 0.3 is 0 Å². The number of aromatic nitrogens is 2. The van der Waals surface area contributed by atoms with Crippen molar-refractivity contribution in [2.45, 2.75) is 5.41 Å². The van der Waals surface area contributed by atoms with Gasteiger partial charge in [-0.3, -0.25) is 0 Å². The summed E-state index contributed by atoms with van der Waals surface area (Å²) in [6, 6.07) is 8.74. The first-order valence-electron chi connectivity index (χ1n) is 6.69. The number of fused-ring (bicyclic) bond motifs is 1. The van der Waals surface area contributed by atoms with Gasteiger partial charge in [0, 0.05) is 7.05 Å². The summed E-state index contributed by atoms with van der Waals surface area (Å²) >= 11 is 0. The molecule has 1 aromatic heterocycles. The standard InChI is InChI=1S/C15H15N3O2/c1-18-10-17-12-4-11(2-3-13(12)18)15(8-20-9-15)14(5-16)6-19-7-14/h2-4,10H,6-9H2,1H3. The zero-order valence-corrected chi connectivity index (χ0v) is 11.3. The Bertz CT molecular complexity index is 720. The fourth-order valence-electron chi connectivity index (χ4n) is 3.21. The van der Waals surface area contributed by atoms with Gasteiger partial charge in [-0.15, -0.1) is 0 Å². The third kappa shape index (κ3) is 1.25. The van der Waals surface area contributed by atoms with Crippen LogP contribution in [0.1, 0.15) is 5.56 Å². The van der Waals surface area contributed by atoms with Crippen molar-refractivity contribution in [2.24, 2.45) is 12.5 Å². The number of hydrogen-bond donors (Lipinski definition) is 0. The number of aryl methyl sites for hydroxylation is 1. The lowest BCUT2D eigenvalue weighted by molar-refractivity contribution is -0.201. The zero-order valence-electron chi connectivity index (χ0n) is 11.3. The molecule has 0 spiro atoms. The molecule has 0 bridgehead atoms. The van der Waals surface area contributed by atoms with Crippen molar-refractivity contribution in [1.29, 1.82) is 5.26 Å². The quantitative estimate of drug-likeness (QED) is 0.826. The van der Waals surface area contributed by atoms with Crippen molar-refractivity contribution in [3.63, 3.8) is 0 Å². The van der Waals surface area contributed by atoms with Crippen LogP contribution in [0.5, 0.6) is 0 Å². The van der Waals surface area contributed by atoms with Crippen LogP contribution in [0, 0.1) is 16.7 Å². The van der Waals surface area contributed by atoms with Crippen molar-refractivity contribution >= 4 is 11.0 Å². The second-order valence-electron chi connectivity index (χ2n) is 5.82. The molecule has 2 fully saturated rings. The van der Waals surface area contributed by atoms with Crippen LogP contribution in [0.25, 0.3) is 11.0 Å². The Morgan fingerprint density at radius 2 is 2.00 bits per heavy atom. The summed E-state index contributed by atoms with van der Waals surface area (Å²) in [6.45, 7) is 2.16. The Balaban J connectivity index is 1.86. The van der Waals surface area contributed by atoms with Crippen LogP contribution < -0.4 is 0 Å². The molecule has 0 N–H and O–H groups in total. The minimum absolute atomic E-state index is 0.244. The number of hydrogen-bond acceptors (Lipinski definition) is 4. The van der Waals surface area contributed by atoms with Gasteiger partial charge in [0.15, 0.2) is 0 Å². The molecule has 1 aromatic carbocycles. The lowest BCUT2D eigenvalue weighted by Crippen LogP contribution is -2.66. The zero-order chi connectivity index (χ0) is 13.8. The largest absolute Gasteiger partial charge is 0.379 e. The number of ether oxygens (including phenoxy) is 2. The molecule has 2 aliphatic heterocycles. The van der Waals surface area contributed by atoms with E-state index in [0.717, 1.165) is 16.6 Å². The number of benzene rings is 1. The van der Waals surface area contributed by atoms with Crippen molar-refractivity contribution in [3.8, 4) is 6.07 Å². The monoisotopic (exact) mass is 269 g/mol. The van der Waals surface area contributed by atoms with Gasteiger partial charge in [-0.25, -0.2) is 4.98 Å². The molecule has 4 rings (SSSR count). The molecule has 0 radical (unpaired) electrons. The molecule has 5 heteroatoms. The van der Waals surface area contributed by atoms with E-state index >= 15 is 0 Å². The number of nitriles is 1. The van der Waals surface area contributed by atoms with E-state index < -0.39 is 5.41 Å². The van der Waals surface area contributed by atoms with Crippen molar-refractivity contribution in [1.82, 2.24) is 9.55 Å². The Labute approximate surface area is 116 Å². The predicted octanol–water partition coefficient (Wildman–Crippen LogP) is 1.38. The van der Waals surface area contributed by atoms with Crippen LogP contribution in [0.2, 0.25) is 0 Å². The van der Waals surface area contributed by atoms with Gasteiger partial charge in [0.1, 0.15) is 5.41 Å². The molecule has 5 nitrogen and oxygen atoms in total. The van der Waals surface area contributed by atoms with E-state index in [1.165, 1.54) is 0 Å². The highest BCUT2D eigenvalue weighted by molar-refractivity contribution is 5.76. The third-order valence-corrected chi connectivity index (χ3v) is 4.80. The molecule has 0 atom stereocenters. The van der Waals surface area contributed by atoms with E-state index in [1.54, 1.807) is 0 Å². The van der Waals surface area contributed by atoms with Crippen LogP contribution in [0.4, 0.5) is 0 Å². The summed E-state index contributed by atoms with van der Waals surface area (Å²) in [5.41, 5.74) is 2.50. The van der Waals surface area contributed by atoms with Gasteiger partial charge in [-0.2, -0.15) is 5.26 Å². The van der Waals surface area contributed by atoms with E-state index in [1.807, 2.05) is 17.9 Å². The van der Waals surface area contributed by atoms with Gasteiger partial charge in [0.2, 0.25) is 0 Å². The lowest BCUT2D eigenvalue weighted by atomic mass is 9.58. The number of nitrogens with zero attached hydrogens (tertiary/aromatic N) is 3. The topological polar surface area (TPSA) is 60.1 Å². The van der Waals surface area contributed by atoms with Crippen LogP contribution in [-0.4, -0.2) is 36.0 Å². The summed E-state index contributed by atoms with van der Waals surface area (Å²) in [5, 5.41) is 9.61. The van der Waals surface area contributed by atoms with Gasteiger partial charge in [-0.05, 0) is 17.7 Å². The molecule has 20 heavy (non-hydrogen) atoms. The normalized spacial score (nSPS) is 22.8. The molecule has 2 saturated heterocycles. The minimum Gasteiger partial charge on any atom is -0.379 e. The first-order valence-corrected chi connectivity index (χ1v) is 6.69. The molecule has 2 aliphatic rings. The van der Waals surface area contributed by atoms with Gasteiger partial charge < -0.3 is 14.0 Å². The van der Waals surface area contributed by atoms with E-state index in [4.69, 9.17) is 9.47 Å². The molecular weight excluding hydrogens is 254 g/mol. The molecule has 0 amide bonds. The summed E-state index contributed by atoms with van der Waals surface area (Å²) in [5.74, 6) is 0. The Morgan fingerprint density at radius 1 is 1.25 bits per heavy atom. The fourth-order valence-corrected chi connectivity index (χ4v) is 3.21. The minimum atomic E-state index is -0.451. The third-order valence-electron chi connectivity index (χ3n) is 4.80. The first kappa shape index (κ1) is 11.9. The molecule has 3 heterocycles. The number of imidazole rings is 1. The van der Waals surface area contributed by atoms with E-state index in [2.05, 4.69) is 29.3 Å².